The number of carbonyl (C=O) groups excluding carboxylic acids is 1. The first kappa shape index (κ1) is 23.9. The fourth-order valence-corrected chi connectivity index (χ4v) is 3.90. The molecule has 0 unspecified atom stereocenters. The number of benzene rings is 3. The predicted octanol–water partition coefficient (Wildman–Crippen LogP) is 5.56. The lowest BCUT2D eigenvalue weighted by Gasteiger charge is -2.26. The fraction of sp³-hybridized carbons (Fsp3) is 0.259. The zero-order valence-corrected chi connectivity index (χ0v) is 19.6. The summed E-state index contributed by atoms with van der Waals surface area (Å²) in [6.45, 7) is 1.99. The van der Waals surface area contributed by atoms with E-state index in [-0.39, 0.29) is 11.6 Å². The van der Waals surface area contributed by atoms with Crippen LogP contribution in [0.4, 0.5) is 11.4 Å². The van der Waals surface area contributed by atoms with E-state index < -0.39 is 4.92 Å². The Bertz CT molecular complexity index is 1220. The van der Waals surface area contributed by atoms with Gasteiger partial charge in [-0.25, -0.2) is 0 Å². The number of methoxy groups -OCH3 is 1. The molecule has 1 aliphatic heterocycles. The molecule has 0 atom stereocenters. The third kappa shape index (κ3) is 6.23. The molecule has 1 fully saturated rings. The number of aliphatic imine (C=N–C) groups is 1. The van der Waals surface area contributed by atoms with Gasteiger partial charge in [-0.05, 0) is 66.8 Å². The van der Waals surface area contributed by atoms with Crippen molar-refractivity contribution >= 4 is 23.5 Å². The maximum absolute atomic E-state index is 12.6. The van der Waals surface area contributed by atoms with Crippen molar-refractivity contribution < 1.29 is 19.2 Å². The molecule has 1 heterocycles. The summed E-state index contributed by atoms with van der Waals surface area (Å²) in [7, 11) is 1.56. The summed E-state index contributed by atoms with van der Waals surface area (Å²) in [4.78, 5) is 29.4. The largest absolute Gasteiger partial charge is 0.493 e. The van der Waals surface area contributed by atoms with Gasteiger partial charge in [0, 0.05) is 37.0 Å². The van der Waals surface area contributed by atoms with Gasteiger partial charge in [0.05, 0.1) is 17.7 Å². The molecule has 0 radical (unpaired) electrons. The molecule has 0 spiro atoms. The molecule has 1 aliphatic rings. The normalized spacial score (nSPS) is 13.6. The molecule has 35 heavy (non-hydrogen) atoms. The molecule has 0 bridgehead atoms. The summed E-state index contributed by atoms with van der Waals surface area (Å²) in [5.74, 6) is 1.21. The molecule has 0 aromatic heterocycles. The Morgan fingerprint density at radius 3 is 2.51 bits per heavy atom. The number of non-ortho nitro benzene ring substituents is 1. The van der Waals surface area contributed by atoms with Crippen LogP contribution < -0.4 is 9.47 Å². The SMILES string of the molecule is COc1cc(C=Nc2cccc([N+](=O)[O-])c2)ccc1OCc1ccc(C(=O)N2CCCCC2)cc1. The number of hydrogen-bond donors (Lipinski definition) is 0. The second-order valence-electron chi connectivity index (χ2n) is 8.28. The van der Waals surface area contributed by atoms with Crippen LogP contribution >= 0.6 is 0 Å². The molecule has 0 aliphatic carbocycles. The van der Waals surface area contributed by atoms with E-state index in [1.807, 2.05) is 35.2 Å². The van der Waals surface area contributed by atoms with Gasteiger partial charge in [-0.15, -0.1) is 0 Å². The van der Waals surface area contributed by atoms with Crippen LogP contribution in [0.1, 0.15) is 40.7 Å². The Morgan fingerprint density at radius 2 is 1.80 bits per heavy atom. The van der Waals surface area contributed by atoms with Crippen molar-refractivity contribution in [3.05, 3.63) is 93.5 Å². The van der Waals surface area contributed by atoms with Gasteiger partial charge in [0.2, 0.25) is 0 Å². The lowest BCUT2D eigenvalue weighted by atomic mass is 10.1. The average Bonchev–Trinajstić information content (AvgIpc) is 2.91. The second kappa shape index (κ2) is 11.3. The van der Waals surface area contributed by atoms with Crippen molar-refractivity contribution in [2.24, 2.45) is 4.99 Å². The molecule has 1 saturated heterocycles. The van der Waals surface area contributed by atoms with Gasteiger partial charge < -0.3 is 14.4 Å². The molecule has 1 amide bonds. The highest BCUT2D eigenvalue weighted by Gasteiger charge is 2.18. The molecule has 0 N–H and O–H groups in total. The Labute approximate surface area is 204 Å². The lowest BCUT2D eigenvalue weighted by Crippen LogP contribution is -2.35. The highest BCUT2D eigenvalue weighted by atomic mass is 16.6. The molecule has 8 nitrogen and oxygen atoms in total. The Balaban J connectivity index is 1.38. The van der Waals surface area contributed by atoms with Crippen LogP contribution in [-0.4, -0.2) is 42.1 Å². The molecule has 0 saturated carbocycles. The summed E-state index contributed by atoms with van der Waals surface area (Å²) >= 11 is 0. The van der Waals surface area contributed by atoms with Crippen molar-refractivity contribution in [3.63, 3.8) is 0 Å². The van der Waals surface area contributed by atoms with Crippen molar-refractivity contribution in [3.8, 4) is 11.5 Å². The minimum atomic E-state index is -0.450. The summed E-state index contributed by atoms with van der Waals surface area (Å²) in [5, 5.41) is 10.9. The summed E-state index contributed by atoms with van der Waals surface area (Å²) < 4.78 is 11.4. The number of amides is 1. The van der Waals surface area contributed by atoms with Gasteiger partial charge in [0.25, 0.3) is 11.6 Å². The molecule has 3 aromatic rings. The van der Waals surface area contributed by atoms with E-state index in [0.717, 1.165) is 37.1 Å². The fourth-order valence-electron chi connectivity index (χ4n) is 3.90. The van der Waals surface area contributed by atoms with Gasteiger partial charge in [-0.3, -0.25) is 19.9 Å². The Morgan fingerprint density at radius 1 is 1.03 bits per heavy atom. The van der Waals surface area contributed by atoms with Crippen LogP contribution in [0.15, 0.2) is 71.7 Å². The summed E-state index contributed by atoms with van der Waals surface area (Å²) in [5.41, 5.74) is 2.88. The number of nitrogens with zero attached hydrogens (tertiary/aromatic N) is 3. The van der Waals surface area contributed by atoms with Crippen molar-refractivity contribution in [2.75, 3.05) is 20.2 Å². The topological polar surface area (TPSA) is 94.3 Å². The van der Waals surface area contributed by atoms with E-state index in [9.17, 15) is 14.9 Å². The van der Waals surface area contributed by atoms with Gasteiger partial charge in [0.15, 0.2) is 11.5 Å². The maximum Gasteiger partial charge on any atom is 0.271 e. The van der Waals surface area contributed by atoms with E-state index in [2.05, 4.69) is 4.99 Å². The van der Waals surface area contributed by atoms with Gasteiger partial charge in [-0.1, -0.05) is 18.2 Å². The number of rotatable bonds is 8. The summed E-state index contributed by atoms with van der Waals surface area (Å²) in [6.07, 6.45) is 4.94. The first-order valence-electron chi connectivity index (χ1n) is 11.5. The summed E-state index contributed by atoms with van der Waals surface area (Å²) in [6, 6.07) is 19.1. The molecule has 3 aromatic carbocycles. The zero-order valence-electron chi connectivity index (χ0n) is 19.6. The van der Waals surface area contributed by atoms with Crippen LogP contribution in [0.2, 0.25) is 0 Å². The molecule has 180 valence electrons. The highest BCUT2D eigenvalue weighted by Crippen LogP contribution is 2.29. The first-order chi connectivity index (χ1) is 17.0. The number of likely N-dealkylation sites (tertiary alicyclic amines) is 1. The van der Waals surface area contributed by atoms with E-state index in [4.69, 9.17) is 9.47 Å². The van der Waals surface area contributed by atoms with Crippen LogP contribution in [0.5, 0.6) is 11.5 Å². The Hall–Kier alpha value is -4.20. The van der Waals surface area contributed by atoms with E-state index in [1.54, 1.807) is 37.6 Å². The standard InChI is InChI=1S/C27H27N3O5/c1-34-26-16-21(18-28-23-6-5-7-24(17-23)30(32)33)10-13-25(26)35-19-20-8-11-22(12-9-20)27(31)29-14-3-2-4-15-29/h5-13,16-18H,2-4,14-15,19H2,1H3. The molecule has 8 heteroatoms. The molecule has 4 rings (SSSR count). The van der Waals surface area contributed by atoms with Crippen LogP contribution in [-0.2, 0) is 6.61 Å². The first-order valence-corrected chi connectivity index (χ1v) is 11.5. The zero-order chi connectivity index (χ0) is 24.6. The Kier molecular flexibility index (Phi) is 7.72. The number of hydrogen-bond acceptors (Lipinski definition) is 6. The van der Waals surface area contributed by atoms with E-state index >= 15 is 0 Å². The maximum atomic E-state index is 12.6. The number of ether oxygens (including phenoxy) is 2. The third-order valence-electron chi connectivity index (χ3n) is 5.83. The van der Waals surface area contributed by atoms with Crippen molar-refractivity contribution in [1.29, 1.82) is 0 Å². The predicted molar refractivity (Wildman–Crippen MR) is 134 cm³/mol. The molecular weight excluding hydrogens is 446 g/mol. The third-order valence-corrected chi connectivity index (χ3v) is 5.83. The van der Waals surface area contributed by atoms with E-state index in [0.29, 0.717) is 29.4 Å². The molecular formula is C27H27N3O5. The minimum Gasteiger partial charge on any atom is -0.493 e. The van der Waals surface area contributed by atoms with Crippen molar-refractivity contribution in [2.45, 2.75) is 25.9 Å². The second-order valence-corrected chi connectivity index (χ2v) is 8.28. The highest BCUT2D eigenvalue weighted by molar-refractivity contribution is 5.94. The van der Waals surface area contributed by atoms with Crippen molar-refractivity contribution in [1.82, 2.24) is 4.90 Å². The smallest absolute Gasteiger partial charge is 0.271 e. The monoisotopic (exact) mass is 473 g/mol. The average molecular weight is 474 g/mol. The van der Waals surface area contributed by atoms with Gasteiger partial charge in [-0.2, -0.15) is 0 Å². The van der Waals surface area contributed by atoms with Gasteiger partial charge in [0.1, 0.15) is 6.61 Å². The number of nitro groups is 1. The van der Waals surface area contributed by atoms with Crippen LogP contribution in [0.3, 0.4) is 0 Å². The van der Waals surface area contributed by atoms with Crippen LogP contribution in [0.25, 0.3) is 0 Å². The number of piperidine rings is 1. The minimum absolute atomic E-state index is 0.00938. The number of carbonyl (C=O) groups is 1. The van der Waals surface area contributed by atoms with Gasteiger partial charge >= 0.3 is 0 Å². The quantitative estimate of drug-likeness (QED) is 0.243. The lowest BCUT2D eigenvalue weighted by molar-refractivity contribution is -0.384. The number of nitro benzene ring substituents is 1. The van der Waals surface area contributed by atoms with E-state index in [1.165, 1.54) is 18.6 Å². The van der Waals surface area contributed by atoms with Crippen LogP contribution in [0, 0.1) is 10.1 Å².